The van der Waals surface area contributed by atoms with Crippen molar-refractivity contribution in [3.05, 3.63) is 47.6 Å². The molecule has 0 spiro atoms. The molecule has 0 fully saturated rings. The zero-order valence-electron chi connectivity index (χ0n) is 12.1. The molecule has 2 rings (SSSR count). The zero-order chi connectivity index (χ0) is 12.0. The van der Waals surface area contributed by atoms with Gasteiger partial charge in [-0.15, -0.1) is 12.8 Å². The van der Waals surface area contributed by atoms with Crippen LogP contribution in [0, 0.1) is 24.0 Å². The molecule has 0 bridgehead atoms. The maximum Gasteiger partial charge on any atom is 4.00 e. The Bertz CT molecular complexity index is 303. The van der Waals surface area contributed by atoms with Gasteiger partial charge in [-0.3, -0.25) is 12.2 Å². The van der Waals surface area contributed by atoms with E-state index >= 15 is 0 Å². The summed E-state index contributed by atoms with van der Waals surface area (Å²) in [4.78, 5) is 0. The van der Waals surface area contributed by atoms with Crippen molar-refractivity contribution in [2.24, 2.45) is 11.8 Å². The average molecular weight is 553 g/mol. The van der Waals surface area contributed by atoms with Crippen LogP contribution in [0.2, 0.25) is 0 Å². The molecule has 104 valence electrons. The predicted octanol–water partition coefficient (Wildman–Crippen LogP) is -1.33. The van der Waals surface area contributed by atoms with E-state index < -0.39 is 0 Å². The van der Waals surface area contributed by atoms with E-state index in [1.165, 1.54) is 11.1 Å². The van der Waals surface area contributed by atoms with Gasteiger partial charge in [-0.05, 0) is 0 Å². The fourth-order valence-electron chi connectivity index (χ4n) is 1.64. The maximum atomic E-state index is 3.26. The van der Waals surface area contributed by atoms with Gasteiger partial charge < -0.3 is 34.0 Å². The molecule has 0 atom stereocenters. The fraction of sp³-hybridized carbons (Fsp3) is 0.500. The van der Waals surface area contributed by atoms with Crippen LogP contribution >= 0.6 is 0 Å². The smallest absolute Gasteiger partial charge is 1.00 e. The van der Waals surface area contributed by atoms with Crippen molar-refractivity contribution >= 4 is 0 Å². The van der Waals surface area contributed by atoms with Crippen LogP contribution < -0.4 is 34.0 Å². The number of allylic oxidation sites excluding steroid dienone is 8. The summed E-state index contributed by atoms with van der Waals surface area (Å²) >= 11 is 0. The second-order valence-electron chi connectivity index (χ2n) is 4.79. The van der Waals surface area contributed by atoms with E-state index in [1.54, 1.807) is 0 Å². The third-order valence-corrected chi connectivity index (χ3v) is 2.69. The number of hydrogen-bond donors (Lipinski definition) is 0. The molecule has 19 heavy (non-hydrogen) atoms. The minimum atomic E-state index is 0. The van der Waals surface area contributed by atoms with E-state index in [0.29, 0.717) is 11.8 Å². The van der Waals surface area contributed by atoms with E-state index in [0.717, 1.165) is 12.8 Å². The normalized spacial score (nSPS) is 14.8. The van der Waals surface area contributed by atoms with Crippen LogP contribution in [0.4, 0.5) is 0 Å². The van der Waals surface area contributed by atoms with Crippen molar-refractivity contribution in [3.63, 3.8) is 0 Å². The van der Waals surface area contributed by atoms with Crippen molar-refractivity contribution in [1.82, 2.24) is 0 Å². The van der Waals surface area contributed by atoms with Crippen LogP contribution in [0.1, 0.15) is 40.5 Å². The van der Waals surface area contributed by atoms with Gasteiger partial charge in [0.1, 0.15) is 0 Å². The first-order valence-electron chi connectivity index (χ1n) is 6.15. The molecule has 0 saturated heterocycles. The van der Waals surface area contributed by atoms with Crippen molar-refractivity contribution in [1.29, 1.82) is 0 Å². The number of hydrogen-bond acceptors (Lipinski definition) is 0. The maximum absolute atomic E-state index is 3.26. The van der Waals surface area contributed by atoms with Crippen molar-refractivity contribution in [2.75, 3.05) is 0 Å². The summed E-state index contributed by atoms with van der Waals surface area (Å²) in [5.41, 5.74) is 2.73. The molecule has 0 amide bonds. The molecule has 0 aliphatic heterocycles. The van der Waals surface area contributed by atoms with E-state index in [1.807, 2.05) is 0 Å². The van der Waals surface area contributed by atoms with Crippen molar-refractivity contribution in [3.8, 4) is 0 Å². The van der Waals surface area contributed by atoms with Gasteiger partial charge in [-0.2, -0.15) is 12.2 Å². The Morgan fingerprint density at radius 2 is 1.11 bits per heavy atom. The Morgan fingerprint density at radius 1 is 0.789 bits per heavy atom. The molecule has 3 heteroatoms. The Kier molecular flexibility index (Phi) is 17.9. The Balaban J connectivity index is -0.000000233. The van der Waals surface area contributed by atoms with Gasteiger partial charge in [0.2, 0.25) is 0 Å². The molecule has 0 aromatic carbocycles. The summed E-state index contributed by atoms with van der Waals surface area (Å²) in [5.74, 6) is 1.32. The summed E-state index contributed by atoms with van der Waals surface area (Å²) in [5, 5.41) is 0. The summed E-state index contributed by atoms with van der Waals surface area (Å²) < 4.78 is 0. The van der Waals surface area contributed by atoms with Gasteiger partial charge in [0.15, 0.2) is 0 Å². The third-order valence-electron chi connectivity index (χ3n) is 2.69. The topological polar surface area (TPSA) is 0 Å². The molecule has 0 heterocycles. The van der Waals surface area contributed by atoms with Crippen LogP contribution in [-0.2, 0) is 25.8 Å². The van der Waals surface area contributed by atoms with Crippen LogP contribution in [-0.4, -0.2) is 0 Å². The summed E-state index contributed by atoms with van der Waals surface area (Å²) in [7, 11) is 0. The SMILES string of the molecule is CC(C)C1=[C-]CC=C1.CC(C)C1=[C-]CC=C1.[Br-].[Br-].[Hf+4]. The largest absolute Gasteiger partial charge is 4.00 e. The minimum Gasteiger partial charge on any atom is -1.00 e. The van der Waals surface area contributed by atoms with E-state index in [9.17, 15) is 0 Å². The van der Waals surface area contributed by atoms with Crippen molar-refractivity contribution in [2.45, 2.75) is 40.5 Å². The average Bonchev–Trinajstić information content (AvgIpc) is 2.93. The minimum absolute atomic E-state index is 0. The molecule has 2 aliphatic carbocycles. The first-order chi connectivity index (χ1) is 7.61. The second-order valence-corrected chi connectivity index (χ2v) is 4.79. The van der Waals surface area contributed by atoms with Crippen LogP contribution in [0.5, 0.6) is 0 Å². The van der Waals surface area contributed by atoms with Gasteiger partial charge in [-0.1, -0.05) is 39.5 Å². The van der Waals surface area contributed by atoms with E-state index in [-0.39, 0.29) is 59.8 Å². The monoisotopic (exact) mass is 552 g/mol. The summed E-state index contributed by atoms with van der Waals surface area (Å²) in [6.45, 7) is 8.77. The molecule has 0 saturated carbocycles. The van der Waals surface area contributed by atoms with Crippen LogP contribution in [0.3, 0.4) is 0 Å². The van der Waals surface area contributed by atoms with Crippen molar-refractivity contribution < 1.29 is 59.8 Å². The molecule has 0 radical (unpaired) electrons. The zero-order valence-corrected chi connectivity index (χ0v) is 18.9. The second kappa shape index (κ2) is 13.8. The van der Waals surface area contributed by atoms with Crippen LogP contribution in [0.25, 0.3) is 0 Å². The molecule has 0 unspecified atom stereocenters. The van der Waals surface area contributed by atoms with E-state index in [4.69, 9.17) is 0 Å². The molecular formula is C16H22Br2Hf. The van der Waals surface area contributed by atoms with E-state index in [2.05, 4.69) is 64.2 Å². The van der Waals surface area contributed by atoms with Gasteiger partial charge in [0.25, 0.3) is 0 Å². The Morgan fingerprint density at radius 3 is 1.21 bits per heavy atom. The fourth-order valence-corrected chi connectivity index (χ4v) is 1.64. The molecule has 0 nitrogen and oxygen atoms in total. The van der Waals surface area contributed by atoms with Gasteiger partial charge in [-0.25, -0.2) is 23.3 Å². The summed E-state index contributed by atoms with van der Waals surface area (Å²) in [6.07, 6.45) is 17.2. The number of rotatable bonds is 2. The quantitative estimate of drug-likeness (QED) is 0.294. The molecule has 2 aliphatic rings. The van der Waals surface area contributed by atoms with Crippen LogP contribution in [0.15, 0.2) is 35.5 Å². The Labute approximate surface area is 158 Å². The molecule has 0 N–H and O–H groups in total. The van der Waals surface area contributed by atoms with Gasteiger partial charge in [0.05, 0.1) is 0 Å². The first-order valence-corrected chi connectivity index (χ1v) is 6.15. The number of halogens is 2. The summed E-state index contributed by atoms with van der Waals surface area (Å²) in [6, 6.07) is 0. The molecule has 0 aromatic heterocycles. The first kappa shape index (κ1) is 24.8. The predicted molar refractivity (Wildman–Crippen MR) is 70.7 cm³/mol. The molecular weight excluding hydrogens is 530 g/mol. The Hall–Kier alpha value is 0.790. The standard InChI is InChI=1S/2C8H11.2BrH.Hf/c2*1-7(2)8-5-3-4-6-8;;;/h2*3,5,7H,4H2,1-2H3;2*1H;/q2*-1;;;+4/p-2. The van der Waals surface area contributed by atoms with Gasteiger partial charge >= 0.3 is 25.8 Å². The molecule has 0 aromatic rings. The third kappa shape index (κ3) is 10.2. The van der Waals surface area contributed by atoms with Gasteiger partial charge in [0, 0.05) is 0 Å².